The van der Waals surface area contributed by atoms with Crippen LogP contribution in [0.4, 0.5) is 5.69 Å². The second kappa shape index (κ2) is 11.7. The monoisotopic (exact) mass is 686 g/mol. The molecule has 2 atom stereocenters. The van der Waals surface area contributed by atoms with E-state index in [1.165, 1.54) is 75.4 Å². The fourth-order valence-electron chi connectivity index (χ4n) is 8.78. The van der Waals surface area contributed by atoms with Crippen LogP contribution in [0.5, 0.6) is 5.75 Å². The number of hydrogen-bond acceptors (Lipinski definition) is 3. The van der Waals surface area contributed by atoms with Gasteiger partial charge in [0.05, 0.1) is 27.5 Å². The minimum atomic E-state index is 0.0681. The Morgan fingerprint density at radius 2 is 1.42 bits per heavy atom. The largest absolute Gasteiger partial charge is 0.461 e. The van der Waals surface area contributed by atoms with E-state index in [1.54, 1.807) is 0 Å². The lowest BCUT2D eigenvalue weighted by Gasteiger charge is -2.38. The molecule has 1 aliphatic heterocycles. The molecule has 248 valence electrons. The van der Waals surface area contributed by atoms with Gasteiger partial charge in [0.1, 0.15) is 11.5 Å². The van der Waals surface area contributed by atoms with E-state index in [1.807, 2.05) is 11.3 Å². The summed E-state index contributed by atoms with van der Waals surface area (Å²) in [6.45, 7) is 0. The SMILES string of the molecule is C1=CC(N(C2=c3sc4ccccc4c3=CCC2)c2ccc(-c3ccc4c5ccccc5n(-c5ccccc5)c4c3)cc2)C2C(=C1)Oc1ccccc12. The first kappa shape index (κ1) is 29.6. The number of fused-ring (bicyclic) bond motifs is 9. The molecule has 0 radical (unpaired) electrons. The van der Waals surface area contributed by atoms with Crippen molar-refractivity contribution >= 4 is 60.7 Å². The first-order chi connectivity index (χ1) is 25.8. The Kier molecular flexibility index (Phi) is 6.68. The molecule has 8 aromatic rings. The third kappa shape index (κ3) is 4.51. The number of ether oxygens (including phenoxy) is 1. The van der Waals surface area contributed by atoms with E-state index < -0.39 is 0 Å². The molecule has 2 aliphatic carbocycles. The summed E-state index contributed by atoms with van der Waals surface area (Å²) in [6, 6.07) is 53.1. The van der Waals surface area contributed by atoms with Gasteiger partial charge in [-0.15, -0.1) is 11.3 Å². The fraction of sp³-hybridized carbons (Fsp3) is 0.0833. The van der Waals surface area contributed by atoms with Gasteiger partial charge in [-0.25, -0.2) is 0 Å². The number of thiophene rings is 1. The summed E-state index contributed by atoms with van der Waals surface area (Å²) in [5, 5.41) is 5.27. The topological polar surface area (TPSA) is 17.4 Å². The summed E-state index contributed by atoms with van der Waals surface area (Å²) < 4.78 is 11.6. The number of benzene rings is 6. The lowest BCUT2D eigenvalue weighted by molar-refractivity contribution is 0.415. The molecule has 4 heteroatoms. The van der Waals surface area contributed by atoms with Gasteiger partial charge in [0.2, 0.25) is 0 Å². The van der Waals surface area contributed by atoms with Crippen LogP contribution in [0, 0.1) is 0 Å². The Morgan fingerprint density at radius 3 is 2.33 bits per heavy atom. The maximum absolute atomic E-state index is 6.48. The number of rotatable bonds is 5. The zero-order chi connectivity index (χ0) is 34.2. The van der Waals surface area contributed by atoms with E-state index >= 15 is 0 Å². The summed E-state index contributed by atoms with van der Waals surface area (Å²) in [5.41, 5.74) is 9.86. The number of anilines is 1. The molecule has 0 fully saturated rings. The number of para-hydroxylation sites is 3. The minimum Gasteiger partial charge on any atom is -0.461 e. The summed E-state index contributed by atoms with van der Waals surface area (Å²) in [7, 11) is 0. The van der Waals surface area contributed by atoms with Crippen molar-refractivity contribution in [3.8, 4) is 22.6 Å². The van der Waals surface area contributed by atoms with Crippen LogP contribution in [-0.2, 0) is 0 Å². The zero-order valence-electron chi connectivity index (χ0n) is 28.4. The quantitative estimate of drug-likeness (QED) is 0.179. The molecule has 11 rings (SSSR count). The Labute approximate surface area is 306 Å². The molecule has 0 saturated heterocycles. The molecule has 6 aromatic carbocycles. The highest BCUT2D eigenvalue weighted by Gasteiger charge is 2.40. The number of nitrogens with zero attached hydrogens (tertiary/aromatic N) is 2. The van der Waals surface area contributed by atoms with Crippen molar-refractivity contribution < 1.29 is 4.74 Å². The maximum atomic E-state index is 6.48. The van der Waals surface area contributed by atoms with E-state index in [2.05, 4.69) is 179 Å². The van der Waals surface area contributed by atoms with Gasteiger partial charge in [0.25, 0.3) is 0 Å². The molecule has 2 aromatic heterocycles. The molecule has 3 heterocycles. The van der Waals surface area contributed by atoms with Crippen molar-refractivity contribution in [3.63, 3.8) is 0 Å². The van der Waals surface area contributed by atoms with Gasteiger partial charge in [-0.1, -0.05) is 115 Å². The molecule has 0 amide bonds. The van der Waals surface area contributed by atoms with Crippen molar-refractivity contribution in [2.24, 2.45) is 0 Å². The molecular weight excluding hydrogens is 653 g/mol. The second-order valence-electron chi connectivity index (χ2n) is 13.9. The minimum absolute atomic E-state index is 0.0681. The van der Waals surface area contributed by atoms with Crippen LogP contribution in [0.25, 0.3) is 60.5 Å². The third-order valence-electron chi connectivity index (χ3n) is 11.1. The molecule has 0 N–H and O–H groups in total. The highest BCUT2D eigenvalue weighted by molar-refractivity contribution is 7.17. The number of allylic oxidation sites excluding steroid dienone is 2. The van der Waals surface area contributed by atoms with Gasteiger partial charge in [0, 0.05) is 43.5 Å². The maximum Gasteiger partial charge on any atom is 0.130 e. The van der Waals surface area contributed by atoms with Crippen LogP contribution < -0.4 is 19.4 Å². The van der Waals surface area contributed by atoms with Gasteiger partial charge >= 0.3 is 0 Å². The lowest BCUT2D eigenvalue weighted by atomic mass is 9.85. The van der Waals surface area contributed by atoms with Crippen molar-refractivity contribution in [1.82, 2.24) is 4.57 Å². The highest BCUT2D eigenvalue weighted by atomic mass is 32.1. The first-order valence-electron chi connectivity index (χ1n) is 18.1. The van der Waals surface area contributed by atoms with Gasteiger partial charge in [-0.3, -0.25) is 0 Å². The highest BCUT2D eigenvalue weighted by Crippen LogP contribution is 2.48. The number of hydrogen-bond donors (Lipinski definition) is 0. The summed E-state index contributed by atoms with van der Waals surface area (Å²) in [5.74, 6) is 2.10. The first-order valence-corrected chi connectivity index (χ1v) is 19.0. The molecule has 2 unspecified atom stereocenters. The summed E-state index contributed by atoms with van der Waals surface area (Å²) >= 11 is 1.93. The second-order valence-corrected chi connectivity index (χ2v) is 15.0. The predicted molar refractivity (Wildman–Crippen MR) is 218 cm³/mol. The molecule has 0 saturated carbocycles. The molecule has 52 heavy (non-hydrogen) atoms. The normalized spacial score (nSPS) is 17.4. The predicted octanol–water partition coefficient (Wildman–Crippen LogP) is 10.9. The van der Waals surface area contributed by atoms with Crippen molar-refractivity contribution in [1.29, 1.82) is 0 Å². The van der Waals surface area contributed by atoms with E-state index in [-0.39, 0.29) is 12.0 Å². The Bertz CT molecular complexity index is 2890. The van der Waals surface area contributed by atoms with E-state index in [9.17, 15) is 0 Å². The van der Waals surface area contributed by atoms with Crippen LogP contribution in [-0.4, -0.2) is 10.6 Å². The van der Waals surface area contributed by atoms with E-state index in [0.717, 1.165) is 24.4 Å². The van der Waals surface area contributed by atoms with Gasteiger partial charge in [-0.2, -0.15) is 0 Å². The lowest BCUT2D eigenvalue weighted by Crippen LogP contribution is -2.43. The summed E-state index contributed by atoms with van der Waals surface area (Å²) in [4.78, 5) is 2.63. The standard InChI is InChI=1S/C48H34N2OS/c1-2-12-33(13-3-1)49-40-18-7-4-14-35(40)36-29-26-32(30-43(36)49)31-24-27-34(28-25-31)50(41-19-11-22-45-47(41)39-16-5-8-21-44(39)51-45)42-20-10-17-38-37-15-6-9-23-46(37)52-48(38)42/h1-9,11-19,21-30,41,47H,10,20H2. The van der Waals surface area contributed by atoms with Gasteiger partial charge in [-0.05, 0) is 83.8 Å². The molecule has 3 nitrogen and oxygen atoms in total. The Hall–Kier alpha value is -6.10. The smallest absolute Gasteiger partial charge is 0.130 e. The summed E-state index contributed by atoms with van der Waals surface area (Å²) in [6.07, 6.45) is 11.2. The zero-order valence-corrected chi connectivity index (χ0v) is 29.3. The number of aromatic nitrogens is 1. The van der Waals surface area contributed by atoms with Crippen LogP contribution in [0.3, 0.4) is 0 Å². The van der Waals surface area contributed by atoms with Crippen molar-refractivity contribution in [2.45, 2.75) is 24.8 Å². The van der Waals surface area contributed by atoms with Gasteiger partial charge in [0.15, 0.2) is 0 Å². The van der Waals surface area contributed by atoms with Crippen molar-refractivity contribution in [3.05, 3.63) is 185 Å². The molecular formula is C48H34N2OS. The molecule has 0 spiro atoms. The Morgan fingerprint density at radius 1 is 0.673 bits per heavy atom. The van der Waals surface area contributed by atoms with Crippen LogP contribution in [0.1, 0.15) is 24.3 Å². The molecule has 0 bridgehead atoms. The van der Waals surface area contributed by atoms with Crippen molar-refractivity contribution in [2.75, 3.05) is 4.90 Å². The fourth-order valence-corrected chi connectivity index (χ4v) is 10.1. The van der Waals surface area contributed by atoms with Crippen LogP contribution in [0.2, 0.25) is 0 Å². The van der Waals surface area contributed by atoms with E-state index in [0.29, 0.717) is 0 Å². The average molecular weight is 687 g/mol. The van der Waals surface area contributed by atoms with Crippen LogP contribution >= 0.6 is 11.3 Å². The Balaban J connectivity index is 1.07. The van der Waals surface area contributed by atoms with Crippen LogP contribution in [0.15, 0.2) is 170 Å². The molecule has 3 aliphatic rings. The van der Waals surface area contributed by atoms with E-state index in [4.69, 9.17) is 4.74 Å². The average Bonchev–Trinajstić information content (AvgIpc) is 3.89. The van der Waals surface area contributed by atoms with Gasteiger partial charge < -0.3 is 14.2 Å². The third-order valence-corrected chi connectivity index (χ3v) is 12.3.